The van der Waals surface area contributed by atoms with Crippen LogP contribution in [0.4, 0.5) is 17.5 Å². The number of nitrogens with zero attached hydrogens (tertiary/aromatic N) is 4. The maximum Gasteiger partial charge on any atom is 0.263 e. The van der Waals surface area contributed by atoms with Gasteiger partial charge in [-0.15, -0.1) is 0 Å². The summed E-state index contributed by atoms with van der Waals surface area (Å²) in [6.45, 7) is 7.91. The molecule has 138 valence electrons. The maximum absolute atomic E-state index is 13.1. The Balaban J connectivity index is 1.95. The van der Waals surface area contributed by atoms with Gasteiger partial charge in [0.1, 0.15) is 17.1 Å². The Morgan fingerprint density at radius 2 is 2.12 bits per heavy atom. The third-order valence-corrected chi connectivity index (χ3v) is 4.10. The first kappa shape index (κ1) is 18.0. The predicted molar refractivity (Wildman–Crippen MR) is 103 cm³/mol. The number of amides is 1. The number of likely N-dealkylation sites (N-methyl/N-ethyl adjacent to an activating group) is 1. The van der Waals surface area contributed by atoms with Crippen molar-refractivity contribution in [3.63, 3.8) is 0 Å². The highest BCUT2D eigenvalue weighted by atomic mass is 16.5. The summed E-state index contributed by atoms with van der Waals surface area (Å²) in [5.41, 5.74) is 1.31. The van der Waals surface area contributed by atoms with Gasteiger partial charge in [0.15, 0.2) is 0 Å². The normalized spacial score (nSPS) is 14.3. The third kappa shape index (κ3) is 3.71. The second-order valence-electron chi connectivity index (χ2n) is 6.50. The molecule has 1 aromatic carbocycles. The van der Waals surface area contributed by atoms with Crippen molar-refractivity contribution < 1.29 is 9.53 Å². The molecule has 0 saturated heterocycles. The predicted octanol–water partition coefficient (Wildman–Crippen LogP) is 2.79. The number of hydrogen-bond donors (Lipinski definition) is 1. The zero-order chi connectivity index (χ0) is 18.7. The Morgan fingerprint density at radius 1 is 1.31 bits per heavy atom. The number of anilines is 3. The zero-order valence-electron chi connectivity index (χ0n) is 15.7. The Labute approximate surface area is 154 Å². The van der Waals surface area contributed by atoms with Crippen LogP contribution in [0.25, 0.3) is 0 Å². The molecule has 0 unspecified atom stereocenters. The Morgan fingerprint density at radius 3 is 2.85 bits per heavy atom. The van der Waals surface area contributed by atoms with Gasteiger partial charge in [0.05, 0.1) is 6.10 Å². The van der Waals surface area contributed by atoms with E-state index in [-0.39, 0.29) is 12.0 Å². The highest BCUT2D eigenvalue weighted by molar-refractivity contribution is 6.09. The van der Waals surface area contributed by atoms with E-state index >= 15 is 0 Å². The van der Waals surface area contributed by atoms with Crippen LogP contribution in [-0.2, 0) is 0 Å². The van der Waals surface area contributed by atoms with E-state index in [4.69, 9.17) is 4.74 Å². The smallest absolute Gasteiger partial charge is 0.263 e. The van der Waals surface area contributed by atoms with Gasteiger partial charge in [0, 0.05) is 44.6 Å². The first-order valence-corrected chi connectivity index (χ1v) is 8.90. The number of fused-ring (bicyclic) bond motifs is 1. The molecule has 0 saturated carbocycles. The van der Waals surface area contributed by atoms with E-state index in [0.29, 0.717) is 30.4 Å². The van der Waals surface area contributed by atoms with E-state index in [0.717, 1.165) is 18.0 Å². The summed E-state index contributed by atoms with van der Waals surface area (Å²) in [6.07, 6.45) is 1.68. The Bertz CT molecular complexity index is 793. The third-order valence-electron chi connectivity index (χ3n) is 4.10. The topological polar surface area (TPSA) is 70.6 Å². The molecule has 0 spiro atoms. The minimum atomic E-state index is -0.103. The molecule has 1 aliphatic heterocycles. The molecule has 7 nitrogen and oxygen atoms in total. The van der Waals surface area contributed by atoms with Gasteiger partial charge in [-0.3, -0.25) is 4.79 Å². The lowest BCUT2D eigenvalue weighted by Crippen LogP contribution is -2.33. The van der Waals surface area contributed by atoms with Gasteiger partial charge in [-0.05, 0) is 32.9 Å². The summed E-state index contributed by atoms with van der Waals surface area (Å²) >= 11 is 0. The zero-order valence-corrected chi connectivity index (χ0v) is 15.7. The summed E-state index contributed by atoms with van der Waals surface area (Å²) in [7, 11) is 1.94. The molecule has 1 aliphatic rings. The van der Waals surface area contributed by atoms with Gasteiger partial charge >= 0.3 is 0 Å². The number of aromatic nitrogens is 2. The van der Waals surface area contributed by atoms with Crippen molar-refractivity contribution in [3.05, 3.63) is 36.0 Å². The molecule has 1 N–H and O–H groups in total. The van der Waals surface area contributed by atoms with Crippen LogP contribution in [0.3, 0.4) is 0 Å². The molecular formula is C19H25N5O2. The van der Waals surface area contributed by atoms with Crippen molar-refractivity contribution >= 4 is 23.4 Å². The number of ether oxygens (including phenoxy) is 1. The van der Waals surface area contributed by atoms with Crippen molar-refractivity contribution in [1.82, 2.24) is 9.97 Å². The highest BCUT2D eigenvalue weighted by Gasteiger charge is 2.28. The summed E-state index contributed by atoms with van der Waals surface area (Å²) in [4.78, 5) is 25.7. The lowest BCUT2D eigenvalue weighted by molar-refractivity contribution is 0.0989. The van der Waals surface area contributed by atoms with Gasteiger partial charge in [-0.1, -0.05) is 6.07 Å². The van der Waals surface area contributed by atoms with Crippen molar-refractivity contribution in [1.29, 1.82) is 0 Å². The van der Waals surface area contributed by atoms with Gasteiger partial charge in [0.25, 0.3) is 5.91 Å². The molecule has 7 heteroatoms. The van der Waals surface area contributed by atoms with Gasteiger partial charge < -0.3 is 19.9 Å². The molecule has 1 amide bonds. The van der Waals surface area contributed by atoms with Gasteiger partial charge in [0.2, 0.25) is 5.95 Å². The molecule has 26 heavy (non-hydrogen) atoms. The fraction of sp³-hybridized carbons (Fsp3) is 0.421. The average Bonchev–Trinajstić information content (AvgIpc) is 2.72. The number of benzene rings is 1. The summed E-state index contributed by atoms with van der Waals surface area (Å²) in [6, 6.07) is 7.62. The quantitative estimate of drug-likeness (QED) is 0.889. The van der Waals surface area contributed by atoms with E-state index in [1.807, 2.05) is 57.0 Å². The van der Waals surface area contributed by atoms with Crippen LogP contribution in [0.2, 0.25) is 0 Å². The summed E-state index contributed by atoms with van der Waals surface area (Å²) in [5.74, 6) is 1.83. The number of rotatable bonds is 5. The van der Waals surface area contributed by atoms with Crippen molar-refractivity contribution in [2.45, 2.75) is 26.9 Å². The minimum absolute atomic E-state index is 0.0785. The largest absolute Gasteiger partial charge is 0.491 e. The van der Waals surface area contributed by atoms with Gasteiger partial charge in [-0.25, -0.2) is 4.98 Å². The van der Waals surface area contributed by atoms with Crippen LogP contribution in [-0.4, -0.2) is 48.7 Å². The van der Waals surface area contributed by atoms with Gasteiger partial charge in [-0.2, -0.15) is 4.98 Å². The summed E-state index contributed by atoms with van der Waals surface area (Å²) < 4.78 is 5.76. The molecule has 0 radical (unpaired) electrons. The first-order valence-electron chi connectivity index (χ1n) is 8.90. The van der Waals surface area contributed by atoms with E-state index in [1.165, 1.54) is 0 Å². The first-order chi connectivity index (χ1) is 12.5. The van der Waals surface area contributed by atoms with Crippen LogP contribution < -0.4 is 19.9 Å². The van der Waals surface area contributed by atoms with Crippen molar-refractivity contribution in [2.75, 3.05) is 41.8 Å². The van der Waals surface area contributed by atoms with E-state index in [9.17, 15) is 4.79 Å². The van der Waals surface area contributed by atoms with Crippen LogP contribution in [0.15, 0.2) is 30.5 Å². The molecule has 0 aliphatic carbocycles. The second kappa shape index (κ2) is 7.59. The van der Waals surface area contributed by atoms with E-state index in [1.54, 1.807) is 11.1 Å². The van der Waals surface area contributed by atoms with Crippen LogP contribution in [0.5, 0.6) is 5.75 Å². The molecule has 0 bridgehead atoms. The molecule has 3 rings (SSSR count). The lowest BCUT2D eigenvalue weighted by Gasteiger charge is -2.22. The second-order valence-corrected chi connectivity index (χ2v) is 6.50. The fourth-order valence-electron chi connectivity index (χ4n) is 2.90. The summed E-state index contributed by atoms with van der Waals surface area (Å²) in [5, 5.41) is 3.09. The number of nitrogens with one attached hydrogen (secondary N) is 1. The molecule has 0 fully saturated rings. The molecule has 2 heterocycles. The minimum Gasteiger partial charge on any atom is -0.491 e. The van der Waals surface area contributed by atoms with Crippen LogP contribution in [0.1, 0.15) is 31.1 Å². The monoisotopic (exact) mass is 355 g/mol. The lowest BCUT2D eigenvalue weighted by atomic mass is 10.2. The van der Waals surface area contributed by atoms with E-state index < -0.39 is 0 Å². The van der Waals surface area contributed by atoms with E-state index in [2.05, 4.69) is 15.3 Å². The molecule has 2 aromatic rings. The fourth-order valence-corrected chi connectivity index (χ4v) is 2.90. The molecule has 1 aromatic heterocycles. The number of hydrogen-bond acceptors (Lipinski definition) is 6. The van der Waals surface area contributed by atoms with Crippen molar-refractivity contribution in [3.8, 4) is 5.75 Å². The van der Waals surface area contributed by atoms with Crippen LogP contribution >= 0.6 is 0 Å². The number of carbonyl (C=O) groups is 1. The van der Waals surface area contributed by atoms with Crippen LogP contribution in [0, 0.1) is 0 Å². The maximum atomic E-state index is 13.1. The number of carbonyl (C=O) groups excluding carboxylic acids is 1. The Kier molecular flexibility index (Phi) is 5.25. The standard InChI is InChI=1S/C19H25N5O2/c1-5-20-19-21-12-16-17(22-19)23(4)9-10-24(18(16)25)14-7-6-8-15(11-14)26-13(2)3/h6-8,11-13H,5,9-10H2,1-4H3,(H,20,21,22). The van der Waals surface area contributed by atoms with Crippen molar-refractivity contribution in [2.24, 2.45) is 0 Å². The Hall–Kier alpha value is -2.83. The molecule has 0 atom stereocenters. The molecular weight excluding hydrogens is 330 g/mol. The SMILES string of the molecule is CCNc1ncc2c(n1)N(C)CCN(c1cccc(OC(C)C)c1)C2=O. The highest BCUT2D eigenvalue weighted by Crippen LogP contribution is 2.28. The average molecular weight is 355 g/mol.